The van der Waals surface area contributed by atoms with Crippen molar-refractivity contribution in [3.05, 3.63) is 34.3 Å². The van der Waals surface area contributed by atoms with Gasteiger partial charge in [-0.3, -0.25) is 0 Å². The van der Waals surface area contributed by atoms with Gasteiger partial charge in [-0.15, -0.1) is 0 Å². The number of hydrogen-bond donors (Lipinski definition) is 1. The molecule has 0 aliphatic carbocycles. The number of methoxy groups -OCH3 is 1. The molecule has 1 unspecified atom stereocenters. The van der Waals surface area contributed by atoms with E-state index in [2.05, 4.69) is 15.9 Å². The maximum Gasteiger partial charge on any atom is 0.0623 e. The van der Waals surface area contributed by atoms with Crippen LogP contribution in [0.25, 0.3) is 0 Å². The minimum atomic E-state index is -0.317. The third-order valence-corrected chi connectivity index (χ3v) is 3.82. The van der Waals surface area contributed by atoms with E-state index in [0.717, 1.165) is 22.9 Å². The number of aliphatic hydroxyl groups is 1. The number of ether oxygens (including phenoxy) is 1. The van der Waals surface area contributed by atoms with Gasteiger partial charge in [-0.1, -0.05) is 34.1 Å². The molecule has 2 nitrogen and oxygen atoms in total. The molecule has 0 spiro atoms. The lowest BCUT2D eigenvalue weighted by molar-refractivity contribution is 0.00305. The SMILES string of the molecule is COC(C)(C)CCC(O)Cc1ccccc1Br. The fourth-order valence-electron chi connectivity index (χ4n) is 1.64. The average Bonchev–Trinajstić information content (AvgIpc) is 2.30. The van der Waals surface area contributed by atoms with Crippen LogP contribution in [0, 0.1) is 0 Å². The summed E-state index contributed by atoms with van der Waals surface area (Å²) in [5.74, 6) is 0. The van der Waals surface area contributed by atoms with Gasteiger partial charge in [0.15, 0.2) is 0 Å². The normalized spacial score (nSPS) is 13.7. The Morgan fingerprint density at radius 3 is 2.59 bits per heavy atom. The highest BCUT2D eigenvalue weighted by molar-refractivity contribution is 9.10. The van der Waals surface area contributed by atoms with Crippen molar-refractivity contribution in [1.82, 2.24) is 0 Å². The Morgan fingerprint density at radius 1 is 1.35 bits per heavy atom. The van der Waals surface area contributed by atoms with E-state index in [1.807, 2.05) is 38.1 Å². The Hall–Kier alpha value is -0.380. The van der Waals surface area contributed by atoms with Gasteiger partial charge in [-0.25, -0.2) is 0 Å². The second-order valence-electron chi connectivity index (χ2n) is 4.95. The summed E-state index contributed by atoms with van der Waals surface area (Å²) in [7, 11) is 1.71. The average molecular weight is 301 g/mol. The Labute approximate surface area is 112 Å². The van der Waals surface area contributed by atoms with Gasteiger partial charge in [0.1, 0.15) is 0 Å². The second-order valence-corrected chi connectivity index (χ2v) is 5.81. The lowest BCUT2D eigenvalue weighted by atomic mass is 9.97. The van der Waals surface area contributed by atoms with Crippen LogP contribution in [0.15, 0.2) is 28.7 Å². The summed E-state index contributed by atoms with van der Waals surface area (Å²) in [6, 6.07) is 8.01. The lowest BCUT2D eigenvalue weighted by Crippen LogP contribution is -2.25. The van der Waals surface area contributed by atoms with Crippen molar-refractivity contribution in [2.75, 3.05) is 7.11 Å². The van der Waals surface area contributed by atoms with E-state index in [1.54, 1.807) is 7.11 Å². The third kappa shape index (κ3) is 5.19. The number of rotatable bonds is 6. The minimum absolute atomic E-state index is 0.158. The van der Waals surface area contributed by atoms with Crippen molar-refractivity contribution in [3.63, 3.8) is 0 Å². The zero-order valence-electron chi connectivity index (χ0n) is 10.7. The predicted octanol–water partition coefficient (Wildman–Crippen LogP) is 3.56. The standard InChI is InChI=1S/C14H21BrO2/c1-14(2,17-3)9-8-12(16)10-11-6-4-5-7-13(11)15/h4-7,12,16H,8-10H2,1-3H3. The van der Waals surface area contributed by atoms with E-state index in [0.29, 0.717) is 6.42 Å². The summed E-state index contributed by atoms with van der Waals surface area (Å²) >= 11 is 3.49. The van der Waals surface area contributed by atoms with Crippen molar-refractivity contribution < 1.29 is 9.84 Å². The maximum absolute atomic E-state index is 10.0. The van der Waals surface area contributed by atoms with Gasteiger partial charge in [0.05, 0.1) is 11.7 Å². The quantitative estimate of drug-likeness (QED) is 0.870. The van der Waals surface area contributed by atoms with E-state index in [1.165, 1.54) is 0 Å². The van der Waals surface area contributed by atoms with Crippen LogP contribution in [0.1, 0.15) is 32.3 Å². The highest BCUT2D eigenvalue weighted by Crippen LogP contribution is 2.21. The maximum atomic E-state index is 10.0. The molecule has 0 fully saturated rings. The molecule has 17 heavy (non-hydrogen) atoms. The number of aliphatic hydroxyl groups excluding tert-OH is 1. The van der Waals surface area contributed by atoms with Crippen molar-refractivity contribution >= 4 is 15.9 Å². The Balaban J connectivity index is 2.45. The van der Waals surface area contributed by atoms with E-state index in [4.69, 9.17) is 4.74 Å². The molecule has 1 aromatic rings. The molecule has 0 bridgehead atoms. The van der Waals surface area contributed by atoms with Gasteiger partial charge in [0, 0.05) is 11.6 Å². The molecular weight excluding hydrogens is 280 g/mol. The van der Waals surface area contributed by atoms with Crippen LogP contribution < -0.4 is 0 Å². The Bertz CT molecular complexity index is 350. The van der Waals surface area contributed by atoms with Crippen LogP contribution in [0.4, 0.5) is 0 Å². The summed E-state index contributed by atoms with van der Waals surface area (Å²) in [6.07, 6.45) is 1.97. The van der Waals surface area contributed by atoms with Gasteiger partial charge in [-0.05, 0) is 44.7 Å². The van der Waals surface area contributed by atoms with Crippen LogP contribution in [-0.2, 0) is 11.2 Å². The first-order chi connectivity index (χ1) is 7.94. The molecule has 1 N–H and O–H groups in total. The van der Waals surface area contributed by atoms with E-state index in [9.17, 15) is 5.11 Å². The topological polar surface area (TPSA) is 29.5 Å². The molecule has 1 rings (SSSR count). The smallest absolute Gasteiger partial charge is 0.0623 e. The zero-order valence-corrected chi connectivity index (χ0v) is 12.3. The van der Waals surface area contributed by atoms with Crippen LogP contribution >= 0.6 is 15.9 Å². The molecule has 0 saturated heterocycles. The predicted molar refractivity (Wildman–Crippen MR) is 74.2 cm³/mol. The molecule has 96 valence electrons. The third-order valence-electron chi connectivity index (χ3n) is 3.05. The molecule has 1 aromatic carbocycles. The Morgan fingerprint density at radius 2 is 2.00 bits per heavy atom. The molecule has 1 atom stereocenters. The van der Waals surface area contributed by atoms with E-state index in [-0.39, 0.29) is 11.7 Å². The fraction of sp³-hybridized carbons (Fsp3) is 0.571. The summed E-state index contributed by atoms with van der Waals surface area (Å²) in [6.45, 7) is 4.08. The first kappa shape index (κ1) is 14.7. The van der Waals surface area contributed by atoms with E-state index < -0.39 is 0 Å². The highest BCUT2D eigenvalue weighted by atomic mass is 79.9. The lowest BCUT2D eigenvalue weighted by Gasteiger charge is -2.24. The Kier molecular flexibility index (Phi) is 5.63. The van der Waals surface area contributed by atoms with Crippen LogP contribution in [0.5, 0.6) is 0 Å². The molecule has 0 amide bonds. The molecule has 0 aliphatic rings. The zero-order chi connectivity index (χ0) is 12.9. The van der Waals surface area contributed by atoms with Gasteiger partial charge in [0.25, 0.3) is 0 Å². The van der Waals surface area contributed by atoms with Gasteiger partial charge >= 0.3 is 0 Å². The van der Waals surface area contributed by atoms with E-state index >= 15 is 0 Å². The van der Waals surface area contributed by atoms with Crippen LogP contribution in [0.2, 0.25) is 0 Å². The number of benzene rings is 1. The summed E-state index contributed by atoms with van der Waals surface area (Å²) < 4.78 is 6.40. The van der Waals surface area contributed by atoms with Crippen LogP contribution in [-0.4, -0.2) is 23.9 Å². The van der Waals surface area contributed by atoms with Crippen molar-refractivity contribution in [2.24, 2.45) is 0 Å². The molecule has 3 heteroatoms. The summed E-state index contributed by atoms with van der Waals surface area (Å²) in [5.41, 5.74) is 0.991. The monoisotopic (exact) mass is 300 g/mol. The largest absolute Gasteiger partial charge is 0.393 e. The molecule has 0 aliphatic heterocycles. The highest BCUT2D eigenvalue weighted by Gasteiger charge is 2.18. The van der Waals surface area contributed by atoms with Crippen molar-refractivity contribution in [1.29, 1.82) is 0 Å². The van der Waals surface area contributed by atoms with Gasteiger partial charge in [0.2, 0.25) is 0 Å². The first-order valence-electron chi connectivity index (χ1n) is 5.91. The summed E-state index contributed by atoms with van der Waals surface area (Å²) in [5, 5.41) is 10.0. The molecule has 0 heterocycles. The van der Waals surface area contributed by atoms with Crippen LogP contribution in [0.3, 0.4) is 0 Å². The fourth-order valence-corrected chi connectivity index (χ4v) is 2.08. The number of halogens is 1. The first-order valence-corrected chi connectivity index (χ1v) is 6.70. The van der Waals surface area contributed by atoms with Crippen molar-refractivity contribution in [2.45, 2.75) is 44.8 Å². The van der Waals surface area contributed by atoms with Gasteiger partial charge < -0.3 is 9.84 Å². The van der Waals surface area contributed by atoms with Crippen molar-refractivity contribution in [3.8, 4) is 0 Å². The molecule has 0 radical (unpaired) electrons. The molecular formula is C14H21BrO2. The van der Waals surface area contributed by atoms with Gasteiger partial charge in [-0.2, -0.15) is 0 Å². The molecule has 0 saturated carbocycles. The second kappa shape index (κ2) is 6.53. The molecule has 0 aromatic heterocycles. The summed E-state index contributed by atoms with van der Waals surface area (Å²) in [4.78, 5) is 0. The number of hydrogen-bond acceptors (Lipinski definition) is 2. The minimum Gasteiger partial charge on any atom is -0.393 e.